The van der Waals surface area contributed by atoms with E-state index in [4.69, 9.17) is 0 Å². The summed E-state index contributed by atoms with van der Waals surface area (Å²) in [5.41, 5.74) is 6.84. The van der Waals surface area contributed by atoms with Crippen LogP contribution in [0.3, 0.4) is 0 Å². The van der Waals surface area contributed by atoms with Gasteiger partial charge < -0.3 is 9.80 Å². The van der Waals surface area contributed by atoms with Crippen LogP contribution in [-0.2, 0) is 0 Å². The number of anilines is 6. The molecule has 0 unspecified atom stereocenters. The minimum atomic E-state index is 1.12. The molecule has 0 aliphatic heterocycles. The van der Waals surface area contributed by atoms with E-state index >= 15 is 0 Å². The molecule has 0 saturated carbocycles. The van der Waals surface area contributed by atoms with Crippen LogP contribution in [0, 0.1) is 0 Å². The lowest BCUT2D eigenvalue weighted by Gasteiger charge is -2.28. The Morgan fingerprint density at radius 3 is 1.63 bits per heavy atom. The lowest BCUT2D eigenvalue weighted by molar-refractivity contribution is 1.23. The second-order valence-electron chi connectivity index (χ2n) is 11.0. The van der Waals surface area contributed by atoms with Gasteiger partial charge in [0.2, 0.25) is 0 Å². The van der Waals surface area contributed by atoms with Gasteiger partial charge in [0.1, 0.15) is 0 Å². The molecule has 2 nitrogen and oxygen atoms in total. The van der Waals surface area contributed by atoms with Crippen LogP contribution in [-0.4, -0.2) is 0 Å². The average molecular weight is 627 g/mol. The fourth-order valence-corrected chi connectivity index (χ4v) is 8.19. The van der Waals surface area contributed by atoms with Crippen molar-refractivity contribution in [3.63, 3.8) is 0 Å². The fourth-order valence-electron chi connectivity index (χ4n) is 6.07. The highest BCUT2D eigenvalue weighted by Crippen LogP contribution is 2.48. The van der Waals surface area contributed by atoms with Gasteiger partial charge in [-0.15, -0.1) is 11.3 Å². The quantitative estimate of drug-likeness (QED) is 0.166. The lowest BCUT2D eigenvalue weighted by atomic mass is 10.1. The van der Waals surface area contributed by atoms with E-state index in [1.807, 2.05) is 11.3 Å². The van der Waals surface area contributed by atoms with Crippen molar-refractivity contribution in [3.05, 3.63) is 182 Å². The molecule has 1 heterocycles. The van der Waals surface area contributed by atoms with E-state index < -0.39 is 0 Å². The molecule has 4 heteroatoms. The van der Waals surface area contributed by atoms with Crippen LogP contribution in [0.2, 0.25) is 0 Å². The second-order valence-corrected chi connectivity index (χ2v) is 13.2. The summed E-state index contributed by atoms with van der Waals surface area (Å²) in [5.74, 6) is 0. The predicted octanol–water partition coefficient (Wildman–Crippen LogP) is 13.1. The first-order chi connectivity index (χ1) is 22.8. The van der Waals surface area contributed by atoms with Gasteiger partial charge in [-0.25, -0.2) is 0 Å². The van der Waals surface area contributed by atoms with Crippen molar-refractivity contribution in [1.82, 2.24) is 0 Å². The summed E-state index contributed by atoms with van der Waals surface area (Å²) >= 11 is 3.65. The average Bonchev–Trinajstić information content (AvgIpc) is 3.51. The van der Waals surface area contributed by atoms with E-state index in [-0.39, 0.29) is 0 Å². The third-order valence-electron chi connectivity index (χ3n) is 8.07. The number of hydrogen-bond donors (Lipinski definition) is 0. The third-order valence-corrected chi connectivity index (χ3v) is 10.3. The van der Waals surface area contributed by atoms with E-state index in [0.29, 0.717) is 0 Å². The molecule has 0 amide bonds. The number of para-hydroxylation sites is 4. The first kappa shape index (κ1) is 28.2. The Morgan fingerprint density at radius 1 is 0.391 bits per heavy atom. The zero-order valence-corrected chi connectivity index (χ0v) is 26.7. The maximum absolute atomic E-state index is 2.42. The monoisotopic (exact) mass is 626 g/mol. The number of hydrogen-bond acceptors (Lipinski definition) is 4. The van der Waals surface area contributed by atoms with Gasteiger partial charge in [-0.05, 0) is 84.9 Å². The first-order valence-corrected chi connectivity index (χ1v) is 17.0. The van der Waals surface area contributed by atoms with Crippen molar-refractivity contribution in [1.29, 1.82) is 0 Å². The number of thiophene rings is 1. The fraction of sp³-hybridized carbons (Fsp3) is 0. The van der Waals surface area contributed by atoms with Crippen molar-refractivity contribution >= 4 is 77.4 Å². The van der Waals surface area contributed by atoms with Crippen molar-refractivity contribution in [2.45, 2.75) is 9.79 Å². The molecular weight excluding hydrogens is 597 g/mol. The molecular formula is C42H30N2S2. The number of benzene rings is 7. The topological polar surface area (TPSA) is 6.48 Å². The summed E-state index contributed by atoms with van der Waals surface area (Å²) in [5, 5.41) is 2.58. The normalized spacial score (nSPS) is 11.1. The van der Waals surface area contributed by atoms with Crippen LogP contribution < -0.4 is 9.80 Å². The highest BCUT2D eigenvalue weighted by Gasteiger charge is 2.21. The lowest BCUT2D eigenvalue weighted by Crippen LogP contribution is -2.11. The molecule has 0 bridgehead atoms. The van der Waals surface area contributed by atoms with Crippen LogP contribution >= 0.6 is 23.1 Å². The molecule has 0 aliphatic carbocycles. The van der Waals surface area contributed by atoms with E-state index in [9.17, 15) is 0 Å². The highest BCUT2D eigenvalue weighted by molar-refractivity contribution is 7.99. The molecule has 8 rings (SSSR count). The molecule has 0 N–H and O–H groups in total. The summed E-state index contributed by atoms with van der Waals surface area (Å²) < 4.78 is 2.60. The van der Waals surface area contributed by atoms with Gasteiger partial charge in [-0.3, -0.25) is 0 Å². The Labute approximate surface area is 277 Å². The zero-order valence-electron chi connectivity index (χ0n) is 25.0. The van der Waals surface area contributed by atoms with E-state index in [1.165, 1.54) is 35.7 Å². The standard InChI is InChI=1S/C42H30N2S2/c1-4-16-31(17-5-1)43(32-18-6-2-7-19-32)34-22-14-23-35(30-34)45-40-28-13-11-25-37(40)44(33-20-8-3-9-21-33)38-26-15-29-41-42(38)36-24-10-12-27-39(36)46-41/h1-30H. The summed E-state index contributed by atoms with van der Waals surface area (Å²) in [6.45, 7) is 0. The number of fused-ring (bicyclic) bond motifs is 3. The van der Waals surface area contributed by atoms with Gasteiger partial charge in [0, 0.05) is 52.7 Å². The molecule has 1 aromatic heterocycles. The molecule has 0 spiro atoms. The van der Waals surface area contributed by atoms with Crippen molar-refractivity contribution < 1.29 is 0 Å². The second kappa shape index (κ2) is 12.6. The van der Waals surface area contributed by atoms with Crippen LogP contribution in [0.15, 0.2) is 192 Å². The van der Waals surface area contributed by atoms with E-state index in [0.717, 1.165) is 28.4 Å². The predicted molar refractivity (Wildman–Crippen MR) is 199 cm³/mol. The summed E-state index contributed by atoms with van der Waals surface area (Å²) in [4.78, 5) is 7.10. The maximum Gasteiger partial charge on any atom is 0.0601 e. The minimum Gasteiger partial charge on any atom is -0.310 e. The van der Waals surface area contributed by atoms with E-state index in [1.54, 1.807) is 11.8 Å². The van der Waals surface area contributed by atoms with Crippen LogP contribution in [0.4, 0.5) is 34.1 Å². The molecule has 0 atom stereocenters. The molecule has 0 saturated heterocycles. The molecule has 0 radical (unpaired) electrons. The van der Waals surface area contributed by atoms with Gasteiger partial charge in [0.25, 0.3) is 0 Å². The Bertz CT molecular complexity index is 2210. The molecule has 46 heavy (non-hydrogen) atoms. The number of rotatable bonds is 8. The maximum atomic E-state index is 2.42. The SMILES string of the molecule is c1ccc(N(c2ccccc2)c2cccc(Sc3ccccc3N(c3ccccc3)c3cccc4sc5ccccc5c34)c2)cc1. The van der Waals surface area contributed by atoms with Gasteiger partial charge in [-0.2, -0.15) is 0 Å². The number of nitrogens with zero attached hydrogens (tertiary/aromatic N) is 2. The Kier molecular flexibility index (Phi) is 7.73. The Hall–Kier alpha value is -5.29. The summed E-state index contributed by atoms with van der Waals surface area (Å²) in [7, 11) is 0. The largest absolute Gasteiger partial charge is 0.310 e. The van der Waals surface area contributed by atoms with Crippen LogP contribution in [0.1, 0.15) is 0 Å². The molecule has 220 valence electrons. The van der Waals surface area contributed by atoms with Crippen molar-refractivity contribution in [2.24, 2.45) is 0 Å². The minimum absolute atomic E-state index is 1.12. The molecule has 8 aromatic rings. The molecule has 0 fully saturated rings. The first-order valence-electron chi connectivity index (χ1n) is 15.4. The zero-order chi connectivity index (χ0) is 30.7. The van der Waals surface area contributed by atoms with Crippen molar-refractivity contribution in [2.75, 3.05) is 9.80 Å². The van der Waals surface area contributed by atoms with Gasteiger partial charge in [0.05, 0.1) is 11.4 Å². The van der Waals surface area contributed by atoms with E-state index in [2.05, 4.69) is 192 Å². The Balaban J connectivity index is 1.25. The summed E-state index contributed by atoms with van der Waals surface area (Å²) in [6, 6.07) is 64.9. The highest BCUT2D eigenvalue weighted by atomic mass is 32.2. The van der Waals surface area contributed by atoms with Crippen molar-refractivity contribution in [3.8, 4) is 0 Å². The van der Waals surface area contributed by atoms with Gasteiger partial charge >= 0.3 is 0 Å². The van der Waals surface area contributed by atoms with Crippen LogP contribution in [0.5, 0.6) is 0 Å². The molecule has 7 aromatic carbocycles. The Morgan fingerprint density at radius 2 is 0.913 bits per heavy atom. The van der Waals surface area contributed by atoms with Gasteiger partial charge in [-0.1, -0.05) is 109 Å². The summed E-state index contributed by atoms with van der Waals surface area (Å²) in [6.07, 6.45) is 0. The smallest absolute Gasteiger partial charge is 0.0601 e. The third kappa shape index (κ3) is 5.43. The molecule has 0 aliphatic rings. The van der Waals surface area contributed by atoms with Crippen LogP contribution in [0.25, 0.3) is 20.2 Å². The van der Waals surface area contributed by atoms with Gasteiger partial charge in [0.15, 0.2) is 0 Å².